The molecule has 2 aliphatic carbocycles. The van der Waals surface area contributed by atoms with E-state index in [-0.39, 0.29) is 16.7 Å². The summed E-state index contributed by atoms with van der Waals surface area (Å²) in [4.78, 5) is 13.3. The van der Waals surface area contributed by atoms with Crippen molar-refractivity contribution in [1.29, 1.82) is 0 Å². The lowest BCUT2D eigenvalue weighted by atomic mass is 9.49. The number of nitrogens with two attached hydrogens (primary N) is 1. The molecule has 0 unspecified atom stereocenters. The summed E-state index contributed by atoms with van der Waals surface area (Å²) in [5.74, 6) is 0.868. The molecule has 1 fully saturated rings. The van der Waals surface area contributed by atoms with Crippen molar-refractivity contribution < 1.29 is 9.90 Å². The first-order valence-electron chi connectivity index (χ1n) is 12.4. The molecule has 3 rings (SSSR count). The van der Waals surface area contributed by atoms with Crippen LogP contribution < -0.4 is 16.4 Å². The molecule has 0 saturated heterocycles. The van der Waals surface area contributed by atoms with Gasteiger partial charge >= 0.3 is 0 Å². The highest BCUT2D eigenvalue weighted by Crippen LogP contribution is 2.57. The summed E-state index contributed by atoms with van der Waals surface area (Å²) in [5.41, 5.74) is 7.75. The van der Waals surface area contributed by atoms with Gasteiger partial charge in [-0.05, 0) is 99.2 Å². The number of nitrogens with one attached hydrogen (secondary N) is 2. The fraction of sp³-hybridized carbons (Fsp3) is 0.731. The molecule has 1 aromatic carbocycles. The van der Waals surface area contributed by atoms with Gasteiger partial charge in [-0.3, -0.25) is 4.79 Å². The predicted octanol–water partition coefficient (Wildman–Crippen LogP) is 4.02. The fourth-order valence-electron chi connectivity index (χ4n) is 6.21. The SMILES string of the molecule is C[C@]1(C(=O)NCCCNCCCCCCN)CCC[C@]2(C)c3cc(O)ccc3CC[C@@H]12. The van der Waals surface area contributed by atoms with E-state index in [2.05, 4.69) is 30.5 Å². The van der Waals surface area contributed by atoms with Gasteiger partial charge < -0.3 is 21.5 Å². The fourth-order valence-corrected chi connectivity index (χ4v) is 6.21. The second-order valence-electron chi connectivity index (χ2n) is 10.2. The molecule has 1 aromatic rings. The van der Waals surface area contributed by atoms with Gasteiger partial charge in [-0.15, -0.1) is 0 Å². The summed E-state index contributed by atoms with van der Waals surface area (Å²) in [5, 5.41) is 16.8. The van der Waals surface area contributed by atoms with Gasteiger partial charge in [-0.1, -0.05) is 39.2 Å². The van der Waals surface area contributed by atoms with Gasteiger partial charge in [0.25, 0.3) is 0 Å². The van der Waals surface area contributed by atoms with Crippen molar-refractivity contribution in [3.63, 3.8) is 0 Å². The van der Waals surface area contributed by atoms with Crippen LogP contribution in [0, 0.1) is 11.3 Å². The second-order valence-corrected chi connectivity index (χ2v) is 10.2. The van der Waals surface area contributed by atoms with Crippen LogP contribution >= 0.6 is 0 Å². The monoisotopic (exact) mass is 429 g/mol. The van der Waals surface area contributed by atoms with Crippen LogP contribution in [0.5, 0.6) is 5.75 Å². The van der Waals surface area contributed by atoms with E-state index >= 15 is 0 Å². The Morgan fingerprint density at radius 3 is 2.68 bits per heavy atom. The third kappa shape index (κ3) is 5.43. The molecule has 3 atom stereocenters. The Hall–Kier alpha value is -1.59. The molecule has 0 radical (unpaired) electrons. The maximum Gasteiger partial charge on any atom is 0.226 e. The number of fused-ring (bicyclic) bond motifs is 3. The summed E-state index contributed by atoms with van der Waals surface area (Å²) in [6.07, 6.45) is 10.9. The van der Waals surface area contributed by atoms with Crippen LogP contribution in [0.2, 0.25) is 0 Å². The number of carbonyl (C=O) groups is 1. The van der Waals surface area contributed by atoms with Gasteiger partial charge in [-0.25, -0.2) is 0 Å². The van der Waals surface area contributed by atoms with Gasteiger partial charge in [0.1, 0.15) is 5.75 Å². The van der Waals surface area contributed by atoms with Crippen LogP contribution in [0.3, 0.4) is 0 Å². The predicted molar refractivity (Wildman–Crippen MR) is 127 cm³/mol. The number of aryl methyl sites for hydroxylation is 1. The molecular formula is C26H43N3O2. The smallest absolute Gasteiger partial charge is 0.226 e. The summed E-state index contributed by atoms with van der Waals surface area (Å²) in [6, 6.07) is 5.82. The van der Waals surface area contributed by atoms with Crippen molar-refractivity contribution >= 4 is 5.91 Å². The largest absolute Gasteiger partial charge is 0.508 e. The average molecular weight is 430 g/mol. The first-order valence-corrected chi connectivity index (χ1v) is 12.4. The standard InChI is InChI=1S/C26H43N3O2/c1-25-13-7-14-26(2,23(25)12-10-20-9-11-21(30)19-22(20)25)24(31)29-18-8-17-28-16-6-4-3-5-15-27/h9,11,19,23,28,30H,3-8,10,12-18,27H2,1-2H3,(H,29,31)/t23-,25-,26+/m1/s1. The zero-order valence-corrected chi connectivity index (χ0v) is 19.6. The second kappa shape index (κ2) is 10.8. The van der Waals surface area contributed by atoms with E-state index in [1.54, 1.807) is 6.07 Å². The number of phenolic OH excluding ortho intramolecular Hbond substituents is 1. The van der Waals surface area contributed by atoms with E-state index in [0.717, 1.165) is 71.1 Å². The summed E-state index contributed by atoms with van der Waals surface area (Å²) >= 11 is 0. The number of amides is 1. The zero-order chi connectivity index (χ0) is 22.3. The van der Waals surface area contributed by atoms with Crippen LogP contribution in [0.4, 0.5) is 0 Å². The Balaban J connectivity index is 1.50. The van der Waals surface area contributed by atoms with Gasteiger partial charge in [0.15, 0.2) is 0 Å². The number of hydrogen-bond acceptors (Lipinski definition) is 4. The Labute approximate surface area is 188 Å². The molecule has 0 bridgehead atoms. The number of benzene rings is 1. The number of unbranched alkanes of at least 4 members (excludes halogenated alkanes) is 3. The van der Waals surface area contributed by atoms with Crippen molar-refractivity contribution in [1.82, 2.24) is 10.6 Å². The average Bonchev–Trinajstić information content (AvgIpc) is 2.75. The van der Waals surface area contributed by atoms with Crippen LogP contribution in [0.1, 0.15) is 82.8 Å². The molecule has 2 aliphatic rings. The molecule has 1 saturated carbocycles. The van der Waals surface area contributed by atoms with Gasteiger partial charge in [0.2, 0.25) is 5.91 Å². The molecule has 0 aliphatic heterocycles. The number of hydrogen-bond donors (Lipinski definition) is 4. The first-order chi connectivity index (χ1) is 14.9. The molecule has 0 spiro atoms. The highest BCUT2D eigenvalue weighted by molar-refractivity contribution is 5.83. The lowest BCUT2D eigenvalue weighted by Crippen LogP contribution is -2.55. The minimum Gasteiger partial charge on any atom is -0.508 e. The first kappa shape index (κ1) is 24.1. The maximum absolute atomic E-state index is 13.3. The minimum absolute atomic E-state index is 0.0396. The van der Waals surface area contributed by atoms with Gasteiger partial charge in [-0.2, -0.15) is 0 Å². The highest BCUT2D eigenvalue weighted by Gasteiger charge is 2.54. The Kier molecular flexibility index (Phi) is 8.40. The molecule has 0 heterocycles. The number of rotatable bonds is 11. The lowest BCUT2D eigenvalue weighted by molar-refractivity contribution is -0.138. The van der Waals surface area contributed by atoms with Crippen molar-refractivity contribution in [3.05, 3.63) is 29.3 Å². The number of carbonyl (C=O) groups excluding carboxylic acids is 1. The van der Waals surface area contributed by atoms with Crippen molar-refractivity contribution in [2.24, 2.45) is 17.1 Å². The highest BCUT2D eigenvalue weighted by atomic mass is 16.3. The number of aromatic hydroxyl groups is 1. The Morgan fingerprint density at radius 2 is 1.87 bits per heavy atom. The van der Waals surface area contributed by atoms with Crippen molar-refractivity contribution in [2.75, 3.05) is 26.2 Å². The molecular weight excluding hydrogens is 386 g/mol. The van der Waals surface area contributed by atoms with Gasteiger partial charge in [0, 0.05) is 6.54 Å². The van der Waals surface area contributed by atoms with E-state index < -0.39 is 0 Å². The topological polar surface area (TPSA) is 87.4 Å². The van der Waals surface area contributed by atoms with Crippen LogP contribution in [-0.4, -0.2) is 37.2 Å². The van der Waals surface area contributed by atoms with E-state index in [1.165, 1.54) is 30.4 Å². The zero-order valence-electron chi connectivity index (χ0n) is 19.6. The van der Waals surface area contributed by atoms with Crippen LogP contribution in [-0.2, 0) is 16.6 Å². The molecule has 5 N–H and O–H groups in total. The van der Waals surface area contributed by atoms with E-state index in [9.17, 15) is 9.90 Å². The molecule has 1 amide bonds. The van der Waals surface area contributed by atoms with Gasteiger partial charge in [0.05, 0.1) is 5.41 Å². The molecule has 5 nitrogen and oxygen atoms in total. The van der Waals surface area contributed by atoms with Crippen LogP contribution in [0.25, 0.3) is 0 Å². The van der Waals surface area contributed by atoms with E-state index in [4.69, 9.17) is 5.73 Å². The number of phenols is 1. The molecule has 5 heteroatoms. The summed E-state index contributed by atoms with van der Waals surface area (Å²) in [6.45, 7) is 8.01. The Morgan fingerprint density at radius 1 is 1.10 bits per heavy atom. The summed E-state index contributed by atoms with van der Waals surface area (Å²) < 4.78 is 0. The molecule has 31 heavy (non-hydrogen) atoms. The maximum atomic E-state index is 13.3. The summed E-state index contributed by atoms with van der Waals surface area (Å²) in [7, 11) is 0. The third-order valence-corrected chi connectivity index (χ3v) is 7.98. The van der Waals surface area contributed by atoms with Crippen molar-refractivity contribution in [2.45, 2.75) is 83.5 Å². The molecule has 0 aromatic heterocycles. The normalized spacial score (nSPS) is 27.4. The Bertz CT molecular complexity index is 737. The van der Waals surface area contributed by atoms with Crippen molar-refractivity contribution in [3.8, 4) is 5.75 Å². The van der Waals surface area contributed by atoms with Crippen LogP contribution in [0.15, 0.2) is 18.2 Å². The third-order valence-electron chi connectivity index (χ3n) is 7.98. The van der Waals surface area contributed by atoms with E-state index in [0.29, 0.717) is 11.7 Å². The minimum atomic E-state index is -0.341. The van der Waals surface area contributed by atoms with E-state index in [1.807, 2.05) is 6.07 Å². The lowest BCUT2D eigenvalue weighted by Gasteiger charge is -2.54. The molecule has 174 valence electrons. The quantitative estimate of drug-likeness (QED) is 0.400.